The van der Waals surface area contributed by atoms with E-state index in [0.29, 0.717) is 25.7 Å². The zero-order chi connectivity index (χ0) is 13.5. The average molecular weight is 255 g/mol. The van der Waals surface area contributed by atoms with Crippen molar-refractivity contribution in [3.63, 3.8) is 0 Å². The fourth-order valence-electron chi connectivity index (χ4n) is 2.28. The summed E-state index contributed by atoms with van der Waals surface area (Å²) in [5, 5.41) is 18.9. The molecule has 1 aliphatic rings. The number of nitrogens with zero attached hydrogens (tertiary/aromatic N) is 1. The van der Waals surface area contributed by atoms with Crippen molar-refractivity contribution in [2.24, 2.45) is 11.8 Å². The van der Waals surface area contributed by atoms with Crippen molar-refractivity contribution < 1.29 is 19.6 Å². The molecule has 1 aliphatic carbocycles. The first kappa shape index (κ1) is 14.3. The number of hydrogen-bond donors (Lipinski definition) is 1. The van der Waals surface area contributed by atoms with E-state index in [9.17, 15) is 19.7 Å². The highest BCUT2D eigenvalue weighted by Crippen LogP contribution is 2.31. The van der Waals surface area contributed by atoms with Crippen LogP contribution in [0.3, 0.4) is 0 Å². The third-order valence-corrected chi connectivity index (χ3v) is 3.21. The number of carbonyl (C=O) groups excluding carboxylic acids is 1. The second-order valence-corrected chi connectivity index (χ2v) is 4.53. The highest BCUT2D eigenvalue weighted by Gasteiger charge is 2.36. The number of carboxylic acid groups (broad SMARTS) is 1. The van der Waals surface area contributed by atoms with Gasteiger partial charge in [0, 0.05) is 29.6 Å². The number of carboxylic acids is 1. The van der Waals surface area contributed by atoms with Crippen LogP contribution < -0.4 is 0 Å². The number of nitro groups is 1. The SMILES string of the molecule is O=C(O)CCC=CCC1C(=O)CCC1C[N+](=O)[O-]. The van der Waals surface area contributed by atoms with Crippen molar-refractivity contribution in [1.82, 2.24) is 0 Å². The van der Waals surface area contributed by atoms with Crippen LogP contribution in [0.25, 0.3) is 0 Å². The average Bonchev–Trinajstić information content (AvgIpc) is 2.59. The quantitative estimate of drug-likeness (QED) is 0.424. The van der Waals surface area contributed by atoms with E-state index in [-0.39, 0.29) is 35.5 Å². The van der Waals surface area contributed by atoms with Gasteiger partial charge in [-0.05, 0) is 19.3 Å². The van der Waals surface area contributed by atoms with Gasteiger partial charge in [0.05, 0.1) is 0 Å². The first-order valence-corrected chi connectivity index (χ1v) is 6.02. The number of rotatable bonds is 7. The fraction of sp³-hybridized carbons (Fsp3) is 0.667. The lowest BCUT2D eigenvalue weighted by atomic mass is 9.92. The molecule has 1 saturated carbocycles. The zero-order valence-corrected chi connectivity index (χ0v) is 10.1. The van der Waals surface area contributed by atoms with Crippen LogP contribution in [0.4, 0.5) is 0 Å². The first-order chi connectivity index (χ1) is 8.50. The third kappa shape index (κ3) is 4.65. The lowest BCUT2D eigenvalue weighted by Gasteiger charge is -2.12. The minimum absolute atomic E-state index is 0.0629. The molecule has 1 fully saturated rings. The van der Waals surface area contributed by atoms with Gasteiger partial charge in [0.2, 0.25) is 6.54 Å². The largest absolute Gasteiger partial charge is 0.481 e. The summed E-state index contributed by atoms with van der Waals surface area (Å²) in [6.07, 6.45) is 5.48. The Labute approximate surface area is 105 Å². The molecule has 0 saturated heterocycles. The second-order valence-electron chi connectivity index (χ2n) is 4.53. The maximum absolute atomic E-state index is 11.6. The monoisotopic (exact) mass is 255 g/mol. The predicted molar refractivity (Wildman–Crippen MR) is 63.7 cm³/mol. The Kier molecular flexibility index (Phi) is 5.48. The Bertz CT molecular complexity index is 363. The standard InChI is InChI=1S/C12H17NO5/c14-11-7-6-9(8-13(17)18)10(11)4-2-1-3-5-12(15)16/h1-2,9-10H,3-8H2,(H,15,16). The van der Waals surface area contributed by atoms with Gasteiger partial charge in [0.15, 0.2) is 0 Å². The fourth-order valence-corrected chi connectivity index (χ4v) is 2.28. The normalized spacial score (nSPS) is 23.7. The van der Waals surface area contributed by atoms with Crippen LogP contribution in [0.1, 0.15) is 32.1 Å². The van der Waals surface area contributed by atoms with Gasteiger partial charge in [-0.25, -0.2) is 0 Å². The van der Waals surface area contributed by atoms with Crippen LogP contribution in [0, 0.1) is 22.0 Å². The van der Waals surface area contributed by atoms with Crippen molar-refractivity contribution in [3.05, 3.63) is 22.3 Å². The first-order valence-electron chi connectivity index (χ1n) is 6.02. The topological polar surface area (TPSA) is 97.5 Å². The van der Waals surface area contributed by atoms with E-state index in [1.54, 1.807) is 12.2 Å². The van der Waals surface area contributed by atoms with Crippen molar-refractivity contribution in [2.45, 2.75) is 32.1 Å². The van der Waals surface area contributed by atoms with Gasteiger partial charge in [-0.15, -0.1) is 0 Å². The summed E-state index contributed by atoms with van der Waals surface area (Å²) in [5.74, 6) is -1.21. The summed E-state index contributed by atoms with van der Waals surface area (Å²) in [7, 11) is 0. The van der Waals surface area contributed by atoms with E-state index >= 15 is 0 Å². The highest BCUT2D eigenvalue weighted by molar-refractivity contribution is 5.83. The van der Waals surface area contributed by atoms with E-state index in [0.717, 1.165) is 0 Å². The number of aliphatic carboxylic acids is 1. The van der Waals surface area contributed by atoms with Crippen molar-refractivity contribution in [2.75, 3.05) is 6.54 Å². The van der Waals surface area contributed by atoms with E-state index < -0.39 is 5.97 Å². The molecule has 18 heavy (non-hydrogen) atoms. The molecule has 1 rings (SSSR count). The van der Waals surface area contributed by atoms with Crippen LogP contribution in [0.2, 0.25) is 0 Å². The Balaban J connectivity index is 2.40. The number of hydrogen-bond acceptors (Lipinski definition) is 4. The molecule has 0 aromatic rings. The molecular formula is C12H17NO5. The number of carbonyl (C=O) groups is 2. The van der Waals surface area contributed by atoms with Gasteiger partial charge in [0.25, 0.3) is 0 Å². The van der Waals surface area contributed by atoms with Crippen molar-refractivity contribution in [3.8, 4) is 0 Å². The molecule has 6 heteroatoms. The molecule has 0 radical (unpaired) electrons. The van der Waals surface area contributed by atoms with E-state index in [2.05, 4.69) is 0 Å². The maximum Gasteiger partial charge on any atom is 0.303 e. The Morgan fingerprint density at radius 3 is 2.83 bits per heavy atom. The van der Waals surface area contributed by atoms with Gasteiger partial charge >= 0.3 is 5.97 Å². The van der Waals surface area contributed by atoms with Crippen LogP contribution in [-0.4, -0.2) is 28.3 Å². The molecule has 0 bridgehead atoms. The van der Waals surface area contributed by atoms with Crippen LogP contribution in [0.15, 0.2) is 12.2 Å². The lowest BCUT2D eigenvalue weighted by molar-refractivity contribution is -0.489. The summed E-state index contributed by atoms with van der Waals surface area (Å²) in [4.78, 5) is 32.0. The molecule has 0 spiro atoms. The van der Waals surface area contributed by atoms with Gasteiger partial charge in [-0.3, -0.25) is 19.7 Å². The van der Waals surface area contributed by atoms with Gasteiger partial charge in [-0.1, -0.05) is 12.2 Å². The smallest absolute Gasteiger partial charge is 0.303 e. The molecule has 0 aromatic heterocycles. The molecule has 0 amide bonds. The molecule has 0 aliphatic heterocycles. The predicted octanol–water partition coefficient (Wildman–Crippen LogP) is 1.67. The van der Waals surface area contributed by atoms with E-state index in [1.807, 2.05) is 0 Å². The Morgan fingerprint density at radius 1 is 1.50 bits per heavy atom. The van der Waals surface area contributed by atoms with Gasteiger partial charge in [-0.2, -0.15) is 0 Å². The van der Waals surface area contributed by atoms with Gasteiger partial charge < -0.3 is 5.11 Å². The van der Waals surface area contributed by atoms with E-state index in [1.165, 1.54) is 0 Å². The third-order valence-electron chi connectivity index (χ3n) is 3.21. The summed E-state index contributed by atoms with van der Waals surface area (Å²) >= 11 is 0. The van der Waals surface area contributed by atoms with E-state index in [4.69, 9.17) is 5.11 Å². The molecule has 2 atom stereocenters. The maximum atomic E-state index is 11.6. The van der Waals surface area contributed by atoms with Crippen molar-refractivity contribution >= 4 is 11.8 Å². The van der Waals surface area contributed by atoms with Crippen LogP contribution >= 0.6 is 0 Å². The molecule has 0 heterocycles. The molecule has 6 nitrogen and oxygen atoms in total. The Morgan fingerprint density at radius 2 is 2.22 bits per heavy atom. The molecule has 0 aromatic carbocycles. The molecule has 2 unspecified atom stereocenters. The summed E-state index contributed by atoms with van der Waals surface area (Å²) < 4.78 is 0. The highest BCUT2D eigenvalue weighted by atomic mass is 16.6. The van der Waals surface area contributed by atoms with Gasteiger partial charge in [0.1, 0.15) is 5.78 Å². The summed E-state index contributed by atoms with van der Waals surface area (Å²) in [5.41, 5.74) is 0. The minimum Gasteiger partial charge on any atom is -0.481 e. The summed E-state index contributed by atoms with van der Waals surface area (Å²) in [6, 6.07) is 0. The second kappa shape index (κ2) is 6.88. The Hall–Kier alpha value is -1.72. The zero-order valence-electron chi connectivity index (χ0n) is 10.1. The summed E-state index contributed by atoms with van der Waals surface area (Å²) in [6.45, 7) is -0.153. The molecule has 100 valence electrons. The molecule has 1 N–H and O–H groups in total. The number of Topliss-reactive ketones (excluding diaryl/α,β-unsaturated/α-hetero) is 1. The number of ketones is 1. The lowest BCUT2D eigenvalue weighted by Crippen LogP contribution is -2.21. The minimum atomic E-state index is -0.858. The van der Waals surface area contributed by atoms with Crippen LogP contribution in [-0.2, 0) is 9.59 Å². The molecular weight excluding hydrogens is 238 g/mol. The van der Waals surface area contributed by atoms with Crippen molar-refractivity contribution in [1.29, 1.82) is 0 Å². The number of allylic oxidation sites excluding steroid dienone is 2. The van der Waals surface area contributed by atoms with Crippen LogP contribution in [0.5, 0.6) is 0 Å².